The summed E-state index contributed by atoms with van der Waals surface area (Å²) < 4.78 is 12.0. The first-order chi connectivity index (χ1) is 15.4. The second-order valence-corrected chi connectivity index (χ2v) is 8.97. The van der Waals surface area contributed by atoms with Crippen LogP contribution in [0.5, 0.6) is 11.5 Å². The number of ketones is 1. The van der Waals surface area contributed by atoms with Gasteiger partial charge >= 0.3 is 0 Å². The van der Waals surface area contributed by atoms with E-state index in [0.717, 1.165) is 16.6 Å². The smallest absolute Gasteiger partial charge is 0.295 e. The number of ether oxygens (including phenoxy) is 2. The van der Waals surface area contributed by atoms with E-state index >= 15 is 0 Å². The highest BCUT2D eigenvalue weighted by Crippen LogP contribution is 2.41. The lowest BCUT2D eigenvalue weighted by Crippen LogP contribution is -2.32. The number of aliphatic hydroxyl groups excluding tert-OH is 1. The van der Waals surface area contributed by atoms with Gasteiger partial charge < -0.3 is 24.4 Å². The molecule has 168 valence electrons. The molecule has 8 heteroatoms. The van der Waals surface area contributed by atoms with Crippen molar-refractivity contribution in [2.24, 2.45) is 0 Å². The Morgan fingerprint density at radius 1 is 1.09 bits per heavy atom. The molecule has 0 saturated carbocycles. The molecule has 1 saturated heterocycles. The Bertz CT molecular complexity index is 1060. The first kappa shape index (κ1) is 22.4. The summed E-state index contributed by atoms with van der Waals surface area (Å²) in [5.41, 5.74) is 1.25. The van der Waals surface area contributed by atoms with Gasteiger partial charge in [-0.25, -0.2) is 0 Å². The number of hydrogen-bond acceptors (Lipinski definition) is 6. The Kier molecular flexibility index (Phi) is 6.53. The number of amides is 1. The predicted molar refractivity (Wildman–Crippen MR) is 124 cm³/mol. The van der Waals surface area contributed by atoms with Crippen molar-refractivity contribution in [1.29, 1.82) is 0 Å². The van der Waals surface area contributed by atoms with Crippen molar-refractivity contribution in [3.05, 3.63) is 63.6 Å². The molecule has 32 heavy (non-hydrogen) atoms. The van der Waals surface area contributed by atoms with Crippen LogP contribution in [0.1, 0.15) is 23.6 Å². The molecule has 0 spiro atoms. The molecular formula is C24H25BrN2O5. The fourth-order valence-corrected chi connectivity index (χ4v) is 4.27. The standard InChI is InChI=1S/C24H25BrN2O5/c1-26(2)10-3-11-27-21(15-4-7-17(25)8-5-15)20(23(29)24(27)30)22(28)16-6-9-18-19(14-16)32-13-12-31-18/h4-9,14,21,28H,3,10-13H2,1-2H3/t21-/m0/s1. The van der Waals surface area contributed by atoms with Gasteiger partial charge in [-0.1, -0.05) is 28.1 Å². The molecule has 2 aromatic carbocycles. The summed E-state index contributed by atoms with van der Waals surface area (Å²) in [6.07, 6.45) is 0.705. The molecular weight excluding hydrogens is 476 g/mol. The summed E-state index contributed by atoms with van der Waals surface area (Å²) >= 11 is 3.43. The van der Waals surface area contributed by atoms with Crippen LogP contribution >= 0.6 is 15.9 Å². The van der Waals surface area contributed by atoms with Crippen molar-refractivity contribution in [2.75, 3.05) is 40.4 Å². The van der Waals surface area contributed by atoms with Crippen molar-refractivity contribution in [1.82, 2.24) is 9.80 Å². The summed E-state index contributed by atoms with van der Waals surface area (Å²) in [5.74, 6) is -0.420. The van der Waals surface area contributed by atoms with E-state index in [1.165, 1.54) is 0 Å². The molecule has 1 N–H and O–H groups in total. The van der Waals surface area contributed by atoms with Crippen LogP contribution in [-0.2, 0) is 9.59 Å². The number of benzene rings is 2. The molecule has 0 aliphatic carbocycles. The average molecular weight is 501 g/mol. The van der Waals surface area contributed by atoms with Crippen molar-refractivity contribution < 1.29 is 24.2 Å². The van der Waals surface area contributed by atoms with Crippen LogP contribution in [0.2, 0.25) is 0 Å². The minimum atomic E-state index is -0.685. The molecule has 7 nitrogen and oxygen atoms in total. The van der Waals surface area contributed by atoms with E-state index in [9.17, 15) is 14.7 Å². The predicted octanol–water partition coefficient (Wildman–Crippen LogP) is 3.59. The Hall–Kier alpha value is -2.84. The van der Waals surface area contributed by atoms with Crippen LogP contribution in [0.15, 0.2) is 52.5 Å². The van der Waals surface area contributed by atoms with Gasteiger partial charge in [0.15, 0.2) is 11.5 Å². The van der Waals surface area contributed by atoms with Gasteiger partial charge in [-0.3, -0.25) is 9.59 Å². The number of aliphatic hydroxyl groups is 1. The molecule has 1 amide bonds. The average Bonchev–Trinajstić information content (AvgIpc) is 3.03. The quantitative estimate of drug-likeness (QED) is 0.370. The van der Waals surface area contributed by atoms with Crippen molar-refractivity contribution in [2.45, 2.75) is 12.5 Å². The van der Waals surface area contributed by atoms with Gasteiger partial charge in [0.25, 0.3) is 11.7 Å². The fourth-order valence-electron chi connectivity index (χ4n) is 4.01. The topological polar surface area (TPSA) is 79.3 Å². The molecule has 0 bridgehead atoms. The van der Waals surface area contributed by atoms with E-state index in [-0.39, 0.29) is 11.3 Å². The molecule has 2 aliphatic rings. The largest absolute Gasteiger partial charge is 0.507 e. The van der Waals surface area contributed by atoms with E-state index in [0.29, 0.717) is 43.2 Å². The van der Waals surface area contributed by atoms with E-state index in [1.807, 2.05) is 43.3 Å². The fraction of sp³-hybridized carbons (Fsp3) is 0.333. The zero-order valence-electron chi connectivity index (χ0n) is 18.0. The maximum Gasteiger partial charge on any atom is 0.295 e. The second-order valence-electron chi connectivity index (χ2n) is 8.06. The molecule has 4 rings (SSSR count). The SMILES string of the molecule is CN(C)CCCN1C(=O)C(=O)C(=C(O)c2ccc3c(c2)OCCO3)[C@@H]1c1ccc(Br)cc1. The third-order valence-electron chi connectivity index (χ3n) is 5.55. The van der Waals surface area contributed by atoms with Gasteiger partial charge in [-0.2, -0.15) is 0 Å². The highest BCUT2D eigenvalue weighted by atomic mass is 79.9. The van der Waals surface area contributed by atoms with Crippen molar-refractivity contribution in [3.8, 4) is 11.5 Å². The first-order valence-corrected chi connectivity index (χ1v) is 11.2. The Balaban J connectivity index is 1.77. The Labute approximate surface area is 195 Å². The number of carbonyl (C=O) groups is 2. The third kappa shape index (κ3) is 4.38. The zero-order valence-corrected chi connectivity index (χ0v) is 19.6. The van der Waals surface area contributed by atoms with Gasteiger partial charge in [0.1, 0.15) is 19.0 Å². The molecule has 0 radical (unpaired) electrons. The van der Waals surface area contributed by atoms with Crippen molar-refractivity contribution >= 4 is 33.4 Å². The molecule has 2 aromatic rings. The number of carbonyl (C=O) groups excluding carboxylic acids is 2. The minimum absolute atomic E-state index is 0.0823. The normalized spacial score (nSPS) is 19.6. The number of fused-ring (bicyclic) bond motifs is 1. The molecule has 0 unspecified atom stereocenters. The monoisotopic (exact) mass is 500 g/mol. The van der Waals surface area contributed by atoms with Crippen LogP contribution in [0.3, 0.4) is 0 Å². The lowest BCUT2D eigenvalue weighted by atomic mass is 9.95. The molecule has 2 heterocycles. The third-order valence-corrected chi connectivity index (χ3v) is 6.07. The lowest BCUT2D eigenvalue weighted by molar-refractivity contribution is -0.139. The number of rotatable bonds is 6. The maximum atomic E-state index is 13.1. The highest BCUT2D eigenvalue weighted by molar-refractivity contribution is 9.10. The molecule has 1 fully saturated rings. The van der Waals surface area contributed by atoms with Crippen molar-refractivity contribution in [3.63, 3.8) is 0 Å². The number of halogens is 1. The minimum Gasteiger partial charge on any atom is -0.507 e. The van der Waals surface area contributed by atoms with Crippen LogP contribution in [0, 0.1) is 0 Å². The van der Waals surface area contributed by atoms with E-state index in [2.05, 4.69) is 15.9 Å². The zero-order chi connectivity index (χ0) is 22.8. The number of Topliss-reactive ketones (excluding diaryl/α,β-unsaturated/α-hetero) is 1. The molecule has 1 atom stereocenters. The van der Waals surface area contributed by atoms with Gasteiger partial charge in [0.2, 0.25) is 0 Å². The highest BCUT2D eigenvalue weighted by Gasteiger charge is 2.45. The molecule has 2 aliphatic heterocycles. The summed E-state index contributed by atoms with van der Waals surface area (Å²) in [4.78, 5) is 29.6. The summed E-state index contributed by atoms with van der Waals surface area (Å²) in [7, 11) is 3.92. The first-order valence-electron chi connectivity index (χ1n) is 10.5. The van der Waals surface area contributed by atoms with Gasteiger partial charge in [0, 0.05) is 16.6 Å². The van der Waals surface area contributed by atoms with Crippen LogP contribution < -0.4 is 9.47 Å². The lowest BCUT2D eigenvalue weighted by Gasteiger charge is -2.26. The van der Waals surface area contributed by atoms with Crippen LogP contribution in [0.25, 0.3) is 5.76 Å². The maximum absolute atomic E-state index is 13.1. The summed E-state index contributed by atoms with van der Waals surface area (Å²) in [6.45, 7) is 2.05. The van der Waals surface area contributed by atoms with E-state index < -0.39 is 17.7 Å². The van der Waals surface area contributed by atoms with Gasteiger partial charge in [-0.15, -0.1) is 0 Å². The molecule has 0 aromatic heterocycles. The number of nitrogens with zero attached hydrogens (tertiary/aromatic N) is 2. The van der Waals surface area contributed by atoms with Gasteiger partial charge in [0.05, 0.1) is 11.6 Å². The van der Waals surface area contributed by atoms with E-state index in [4.69, 9.17) is 9.47 Å². The summed E-state index contributed by atoms with van der Waals surface area (Å²) in [6, 6.07) is 11.8. The van der Waals surface area contributed by atoms with Crippen LogP contribution in [-0.4, -0.2) is 67.0 Å². The van der Waals surface area contributed by atoms with Crippen LogP contribution in [0.4, 0.5) is 0 Å². The van der Waals surface area contributed by atoms with E-state index in [1.54, 1.807) is 23.1 Å². The summed E-state index contributed by atoms with van der Waals surface area (Å²) in [5, 5.41) is 11.2. The number of likely N-dealkylation sites (tertiary alicyclic amines) is 1. The van der Waals surface area contributed by atoms with Gasteiger partial charge in [-0.05, 0) is 63.0 Å². The Morgan fingerprint density at radius 3 is 2.47 bits per heavy atom. The second kappa shape index (κ2) is 9.34. The Morgan fingerprint density at radius 2 is 1.78 bits per heavy atom. The number of hydrogen-bond donors (Lipinski definition) is 1.